The highest BCUT2D eigenvalue weighted by Gasteiger charge is 2.25. The van der Waals surface area contributed by atoms with Crippen LogP contribution in [0.15, 0.2) is 24.3 Å². The molecule has 1 unspecified atom stereocenters. The van der Waals surface area contributed by atoms with E-state index in [2.05, 4.69) is 13.0 Å². The Morgan fingerprint density at radius 2 is 2.12 bits per heavy atom. The first-order valence-electron chi connectivity index (χ1n) is 5.84. The second-order valence-corrected chi connectivity index (χ2v) is 5.04. The van der Waals surface area contributed by atoms with Gasteiger partial charge in [0.25, 0.3) is 0 Å². The molecular formula is C14H19NO2. The van der Waals surface area contributed by atoms with Gasteiger partial charge in [-0.25, -0.2) is 0 Å². The van der Waals surface area contributed by atoms with E-state index in [0.29, 0.717) is 0 Å². The minimum Gasteiger partial charge on any atom is -0.483 e. The number of nitrogens with two attached hydrogens (primary N) is 1. The first-order chi connectivity index (χ1) is 7.93. The predicted molar refractivity (Wildman–Crippen MR) is 68.8 cm³/mol. The molecule has 0 fully saturated rings. The number of aliphatic hydroxyl groups excluding tert-OH is 1. The zero-order chi connectivity index (χ0) is 12.6. The lowest BCUT2D eigenvalue weighted by atomic mass is 9.93. The van der Waals surface area contributed by atoms with Crippen molar-refractivity contribution in [1.82, 2.24) is 0 Å². The van der Waals surface area contributed by atoms with Crippen LogP contribution in [0.4, 0.5) is 0 Å². The molecule has 0 saturated carbocycles. The topological polar surface area (TPSA) is 55.5 Å². The van der Waals surface area contributed by atoms with Crippen LogP contribution in [-0.4, -0.2) is 17.3 Å². The monoisotopic (exact) mass is 233 g/mol. The molecule has 1 aromatic carbocycles. The van der Waals surface area contributed by atoms with Gasteiger partial charge < -0.3 is 15.6 Å². The Kier molecular flexibility index (Phi) is 2.98. The molecule has 3 heteroatoms. The van der Waals surface area contributed by atoms with Gasteiger partial charge in [0, 0.05) is 12.1 Å². The fraction of sp³-hybridized carbons (Fsp3) is 0.429. The summed E-state index contributed by atoms with van der Waals surface area (Å²) in [6, 6.07) is 5.72. The van der Waals surface area contributed by atoms with E-state index in [1.807, 2.05) is 32.0 Å². The fourth-order valence-corrected chi connectivity index (χ4v) is 2.20. The summed E-state index contributed by atoms with van der Waals surface area (Å²) < 4.78 is 5.87. The Bertz CT molecular complexity index is 463. The van der Waals surface area contributed by atoms with E-state index in [4.69, 9.17) is 10.5 Å². The van der Waals surface area contributed by atoms with Crippen molar-refractivity contribution in [2.75, 3.05) is 6.54 Å². The van der Waals surface area contributed by atoms with Crippen LogP contribution in [0, 0.1) is 0 Å². The average Bonchev–Trinajstić information content (AvgIpc) is 2.26. The Hall–Kier alpha value is -1.32. The highest BCUT2D eigenvalue weighted by Crippen LogP contribution is 2.37. The summed E-state index contributed by atoms with van der Waals surface area (Å²) in [6.45, 7) is 6.35. The fourth-order valence-electron chi connectivity index (χ4n) is 2.20. The molecule has 0 aromatic heterocycles. The molecule has 0 spiro atoms. The number of rotatable bonds is 2. The van der Waals surface area contributed by atoms with Crippen LogP contribution in [0.5, 0.6) is 5.75 Å². The molecule has 1 atom stereocenters. The van der Waals surface area contributed by atoms with Gasteiger partial charge in [-0.3, -0.25) is 0 Å². The van der Waals surface area contributed by atoms with Crippen LogP contribution in [-0.2, 0) is 0 Å². The van der Waals surface area contributed by atoms with E-state index >= 15 is 0 Å². The number of fused-ring (bicyclic) bond motifs is 1. The maximum Gasteiger partial charge on any atom is 0.128 e. The van der Waals surface area contributed by atoms with E-state index in [1.54, 1.807) is 0 Å². The van der Waals surface area contributed by atoms with Crippen LogP contribution in [0.25, 0.3) is 5.57 Å². The largest absolute Gasteiger partial charge is 0.483 e. The smallest absolute Gasteiger partial charge is 0.128 e. The molecule has 92 valence electrons. The molecule has 17 heavy (non-hydrogen) atoms. The molecule has 0 bridgehead atoms. The minimum absolute atomic E-state index is 0.230. The molecule has 0 aliphatic carbocycles. The van der Waals surface area contributed by atoms with Crippen LogP contribution >= 0.6 is 0 Å². The van der Waals surface area contributed by atoms with Crippen LogP contribution < -0.4 is 10.5 Å². The first kappa shape index (κ1) is 12.1. The summed E-state index contributed by atoms with van der Waals surface area (Å²) in [6.07, 6.45) is 1.48. The molecule has 1 aliphatic rings. The third-order valence-electron chi connectivity index (χ3n) is 2.97. The van der Waals surface area contributed by atoms with Gasteiger partial charge in [-0.2, -0.15) is 0 Å². The number of benzene rings is 1. The molecule has 1 aromatic rings. The second kappa shape index (κ2) is 4.17. The number of ether oxygens (including phenoxy) is 1. The van der Waals surface area contributed by atoms with E-state index in [1.165, 1.54) is 5.57 Å². The van der Waals surface area contributed by atoms with Crippen molar-refractivity contribution in [3.8, 4) is 5.75 Å². The molecule has 0 amide bonds. The van der Waals surface area contributed by atoms with E-state index in [9.17, 15) is 5.11 Å². The van der Waals surface area contributed by atoms with Crippen molar-refractivity contribution < 1.29 is 9.84 Å². The molecule has 0 radical (unpaired) electrons. The average molecular weight is 233 g/mol. The summed E-state index contributed by atoms with van der Waals surface area (Å²) in [4.78, 5) is 0. The van der Waals surface area contributed by atoms with Crippen molar-refractivity contribution in [3.05, 3.63) is 35.4 Å². The Labute approximate surface area is 102 Å². The standard InChI is InChI=1S/C14H19NO2/c1-9-7-14(2,3)17-13-5-4-10(6-11(9)13)12(16)8-15/h4-7,12,16H,8,15H2,1-3H3. The van der Waals surface area contributed by atoms with Crippen molar-refractivity contribution in [2.45, 2.75) is 32.5 Å². The Balaban J connectivity index is 2.44. The summed E-state index contributed by atoms with van der Waals surface area (Å²) in [5.74, 6) is 0.864. The number of hydrogen-bond acceptors (Lipinski definition) is 3. The number of aliphatic hydroxyl groups is 1. The zero-order valence-corrected chi connectivity index (χ0v) is 10.5. The number of allylic oxidation sites excluding steroid dienone is 1. The Morgan fingerprint density at radius 1 is 1.41 bits per heavy atom. The molecule has 3 N–H and O–H groups in total. The maximum absolute atomic E-state index is 9.73. The van der Waals surface area contributed by atoms with Gasteiger partial charge in [0.05, 0.1) is 6.10 Å². The van der Waals surface area contributed by atoms with Crippen LogP contribution in [0.2, 0.25) is 0 Å². The number of hydrogen-bond donors (Lipinski definition) is 2. The highest BCUT2D eigenvalue weighted by molar-refractivity contribution is 5.72. The van der Waals surface area contributed by atoms with Crippen molar-refractivity contribution in [1.29, 1.82) is 0 Å². The van der Waals surface area contributed by atoms with E-state index in [0.717, 1.165) is 16.9 Å². The molecule has 1 aliphatic heterocycles. The lowest BCUT2D eigenvalue weighted by molar-refractivity contribution is 0.157. The molecule has 0 saturated heterocycles. The van der Waals surface area contributed by atoms with Gasteiger partial charge >= 0.3 is 0 Å². The molecule has 3 nitrogen and oxygen atoms in total. The van der Waals surface area contributed by atoms with E-state index in [-0.39, 0.29) is 12.1 Å². The first-order valence-corrected chi connectivity index (χ1v) is 5.84. The lowest BCUT2D eigenvalue weighted by Crippen LogP contribution is -2.28. The predicted octanol–water partition coefficient (Wildman–Crippen LogP) is 2.25. The molecular weight excluding hydrogens is 214 g/mol. The SMILES string of the molecule is CC1=CC(C)(C)Oc2ccc(C(O)CN)cc21. The van der Waals surface area contributed by atoms with Crippen LogP contribution in [0.1, 0.15) is 38.0 Å². The molecule has 1 heterocycles. The highest BCUT2D eigenvalue weighted by atomic mass is 16.5. The lowest BCUT2D eigenvalue weighted by Gasteiger charge is -2.30. The summed E-state index contributed by atoms with van der Waals surface area (Å²) in [7, 11) is 0. The molecule has 2 rings (SSSR count). The Morgan fingerprint density at radius 3 is 2.76 bits per heavy atom. The van der Waals surface area contributed by atoms with Gasteiger partial charge in [-0.15, -0.1) is 0 Å². The summed E-state index contributed by atoms with van der Waals surface area (Å²) >= 11 is 0. The third-order valence-corrected chi connectivity index (χ3v) is 2.97. The van der Waals surface area contributed by atoms with Crippen molar-refractivity contribution >= 4 is 5.57 Å². The normalized spacial score (nSPS) is 19.0. The second-order valence-electron chi connectivity index (χ2n) is 5.04. The van der Waals surface area contributed by atoms with Gasteiger partial charge in [0.15, 0.2) is 0 Å². The van der Waals surface area contributed by atoms with Crippen LogP contribution in [0.3, 0.4) is 0 Å². The maximum atomic E-state index is 9.73. The van der Waals surface area contributed by atoms with Gasteiger partial charge in [-0.1, -0.05) is 6.07 Å². The zero-order valence-electron chi connectivity index (χ0n) is 10.5. The quantitative estimate of drug-likeness (QED) is 0.823. The third kappa shape index (κ3) is 2.35. The minimum atomic E-state index is -0.608. The van der Waals surface area contributed by atoms with Crippen molar-refractivity contribution in [3.63, 3.8) is 0 Å². The van der Waals surface area contributed by atoms with Crippen molar-refractivity contribution in [2.24, 2.45) is 5.73 Å². The van der Waals surface area contributed by atoms with Gasteiger partial charge in [0.1, 0.15) is 11.4 Å². The van der Waals surface area contributed by atoms with E-state index < -0.39 is 6.10 Å². The van der Waals surface area contributed by atoms with Gasteiger partial charge in [0.2, 0.25) is 0 Å². The summed E-state index contributed by atoms with van der Waals surface area (Å²) in [5.41, 5.74) is 8.23. The summed E-state index contributed by atoms with van der Waals surface area (Å²) in [5, 5.41) is 9.73. The van der Waals surface area contributed by atoms with Gasteiger partial charge in [-0.05, 0) is 50.1 Å².